The monoisotopic (exact) mass is 536 g/mol. The number of nitrogens with zero attached hydrogens (tertiary/aromatic N) is 1. The van der Waals surface area contributed by atoms with Crippen molar-refractivity contribution >= 4 is 26.6 Å². The molecule has 0 aliphatic carbocycles. The number of halogens is 3. The summed E-state index contributed by atoms with van der Waals surface area (Å²) >= 11 is 0. The van der Waals surface area contributed by atoms with Crippen LogP contribution in [0.1, 0.15) is 11.7 Å². The number of sulfonamides is 1. The van der Waals surface area contributed by atoms with E-state index in [2.05, 4.69) is 25.0 Å². The lowest BCUT2D eigenvalue weighted by Gasteiger charge is -2.15. The number of aliphatic hydroxyl groups is 1. The van der Waals surface area contributed by atoms with Crippen LogP contribution in [0.4, 0.5) is 18.9 Å². The Morgan fingerprint density at radius 2 is 1.84 bits per heavy atom. The molecular weight excluding hydrogens is 513 g/mol. The standard InChI is InChI=1S/C24H23F3N4O5S/c25-16-4-7-19(8-5-16)37(33,34)31-17-3-1-2-15(12-17)22(32)14-28-10-11-35-18-6-9-20-21(13-18)29-30-23(20)36-24(26)27/h1-9,12-13,22,24,28,31-32H,10-11,14H2,(H,29,30)/t22-/m0/s1. The van der Waals surface area contributed by atoms with Crippen molar-refractivity contribution in [2.75, 3.05) is 24.4 Å². The highest BCUT2D eigenvalue weighted by Gasteiger charge is 2.16. The van der Waals surface area contributed by atoms with Crippen molar-refractivity contribution in [3.63, 3.8) is 0 Å². The van der Waals surface area contributed by atoms with Gasteiger partial charge in [-0.05, 0) is 54.1 Å². The number of hydrogen-bond donors (Lipinski definition) is 4. The molecule has 0 amide bonds. The van der Waals surface area contributed by atoms with Crippen molar-refractivity contribution in [1.29, 1.82) is 0 Å². The smallest absolute Gasteiger partial charge is 0.388 e. The molecule has 0 radical (unpaired) electrons. The minimum atomic E-state index is -3.92. The molecule has 0 saturated carbocycles. The first-order valence-electron chi connectivity index (χ1n) is 11.0. The van der Waals surface area contributed by atoms with E-state index in [-0.39, 0.29) is 29.6 Å². The van der Waals surface area contributed by atoms with E-state index in [1.54, 1.807) is 30.3 Å². The minimum absolute atomic E-state index is 0.0878. The Balaban J connectivity index is 1.25. The zero-order valence-corrected chi connectivity index (χ0v) is 20.0. The first-order chi connectivity index (χ1) is 17.7. The molecule has 0 bridgehead atoms. The molecule has 1 heterocycles. The van der Waals surface area contributed by atoms with Gasteiger partial charge in [0, 0.05) is 24.8 Å². The van der Waals surface area contributed by atoms with Crippen LogP contribution in [0.15, 0.2) is 71.6 Å². The molecule has 1 atom stereocenters. The van der Waals surface area contributed by atoms with Crippen LogP contribution in [-0.2, 0) is 10.0 Å². The van der Waals surface area contributed by atoms with Gasteiger partial charge in [-0.2, -0.15) is 8.78 Å². The van der Waals surface area contributed by atoms with E-state index in [9.17, 15) is 26.7 Å². The number of alkyl halides is 2. The lowest BCUT2D eigenvalue weighted by atomic mass is 10.1. The number of rotatable bonds is 12. The molecule has 196 valence electrons. The number of benzene rings is 3. The number of aliphatic hydroxyl groups excluding tert-OH is 1. The summed E-state index contributed by atoms with van der Waals surface area (Å²) in [6.07, 6.45) is -0.926. The number of H-pyrrole nitrogens is 1. The molecule has 1 aromatic heterocycles. The molecule has 0 saturated heterocycles. The van der Waals surface area contributed by atoms with E-state index in [0.717, 1.165) is 24.3 Å². The number of nitrogens with one attached hydrogen (secondary N) is 3. The number of aromatic amines is 1. The van der Waals surface area contributed by atoms with Crippen molar-refractivity contribution in [3.8, 4) is 11.6 Å². The summed E-state index contributed by atoms with van der Waals surface area (Å²) in [7, 11) is -3.92. The Kier molecular flexibility index (Phi) is 8.16. The number of anilines is 1. The summed E-state index contributed by atoms with van der Waals surface area (Å²) in [4.78, 5) is -0.0878. The third-order valence-corrected chi connectivity index (χ3v) is 6.63. The van der Waals surface area contributed by atoms with Gasteiger partial charge in [-0.1, -0.05) is 12.1 Å². The Bertz CT molecular complexity index is 1450. The molecule has 3 aromatic carbocycles. The molecule has 0 aliphatic heterocycles. The second kappa shape index (κ2) is 11.5. The van der Waals surface area contributed by atoms with Crippen LogP contribution in [0.25, 0.3) is 10.9 Å². The molecule has 13 heteroatoms. The van der Waals surface area contributed by atoms with Crippen LogP contribution < -0.4 is 19.5 Å². The predicted octanol–water partition coefficient (Wildman–Crippen LogP) is 3.81. The molecule has 4 rings (SSSR count). The first-order valence-corrected chi connectivity index (χ1v) is 12.5. The number of hydrogen-bond acceptors (Lipinski definition) is 7. The predicted molar refractivity (Wildman–Crippen MR) is 130 cm³/mol. The van der Waals surface area contributed by atoms with Crippen molar-refractivity contribution in [1.82, 2.24) is 15.5 Å². The van der Waals surface area contributed by atoms with Gasteiger partial charge in [0.05, 0.1) is 21.9 Å². The van der Waals surface area contributed by atoms with Crippen molar-refractivity contribution in [2.45, 2.75) is 17.6 Å². The Hall–Kier alpha value is -3.81. The molecule has 0 aliphatic rings. The number of fused-ring (bicyclic) bond motifs is 1. The van der Waals surface area contributed by atoms with E-state index < -0.39 is 28.6 Å². The van der Waals surface area contributed by atoms with Crippen molar-refractivity contribution in [3.05, 3.63) is 78.1 Å². The summed E-state index contributed by atoms with van der Waals surface area (Å²) in [6.45, 7) is -2.17. The summed E-state index contributed by atoms with van der Waals surface area (Å²) in [5.74, 6) is -0.250. The van der Waals surface area contributed by atoms with E-state index in [1.165, 1.54) is 12.1 Å². The van der Waals surface area contributed by atoms with Gasteiger partial charge in [0.2, 0.25) is 5.88 Å². The zero-order chi connectivity index (χ0) is 26.4. The van der Waals surface area contributed by atoms with E-state index in [0.29, 0.717) is 28.8 Å². The average Bonchev–Trinajstić information content (AvgIpc) is 3.25. The van der Waals surface area contributed by atoms with Gasteiger partial charge < -0.3 is 19.9 Å². The van der Waals surface area contributed by atoms with Crippen LogP contribution >= 0.6 is 0 Å². The third-order valence-electron chi connectivity index (χ3n) is 5.23. The highest BCUT2D eigenvalue weighted by Crippen LogP contribution is 2.27. The van der Waals surface area contributed by atoms with Gasteiger partial charge in [0.15, 0.2) is 0 Å². The molecule has 37 heavy (non-hydrogen) atoms. The second-order valence-electron chi connectivity index (χ2n) is 7.87. The van der Waals surface area contributed by atoms with Gasteiger partial charge >= 0.3 is 6.61 Å². The van der Waals surface area contributed by atoms with Crippen LogP contribution in [0.5, 0.6) is 11.6 Å². The van der Waals surface area contributed by atoms with Crippen molar-refractivity contribution < 1.29 is 36.2 Å². The van der Waals surface area contributed by atoms with Gasteiger partial charge in [-0.15, -0.1) is 5.10 Å². The Labute approximate surface area is 210 Å². The topological polar surface area (TPSA) is 126 Å². The van der Waals surface area contributed by atoms with Crippen LogP contribution in [-0.4, -0.2) is 50.0 Å². The molecule has 9 nitrogen and oxygen atoms in total. The highest BCUT2D eigenvalue weighted by molar-refractivity contribution is 7.92. The van der Waals surface area contributed by atoms with Crippen LogP contribution in [0.2, 0.25) is 0 Å². The molecule has 4 aromatic rings. The van der Waals surface area contributed by atoms with Gasteiger partial charge in [-0.3, -0.25) is 9.82 Å². The third kappa shape index (κ3) is 6.90. The SMILES string of the molecule is O=S(=O)(Nc1cccc([C@@H](O)CNCCOc2ccc3c(OC(F)F)n[nH]c3c2)c1)c1ccc(F)cc1. The molecule has 0 unspecified atom stereocenters. The lowest BCUT2D eigenvalue weighted by molar-refractivity contribution is -0.0518. The van der Waals surface area contributed by atoms with Crippen LogP contribution in [0, 0.1) is 5.82 Å². The fourth-order valence-electron chi connectivity index (χ4n) is 3.47. The zero-order valence-electron chi connectivity index (χ0n) is 19.2. The summed E-state index contributed by atoms with van der Waals surface area (Å²) in [6, 6.07) is 15.5. The number of aromatic nitrogens is 2. The second-order valence-corrected chi connectivity index (χ2v) is 9.55. The van der Waals surface area contributed by atoms with E-state index >= 15 is 0 Å². The normalized spacial score (nSPS) is 12.6. The van der Waals surface area contributed by atoms with E-state index in [1.807, 2.05) is 0 Å². The van der Waals surface area contributed by atoms with Gasteiger partial charge in [0.25, 0.3) is 10.0 Å². The quantitative estimate of drug-likeness (QED) is 0.203. The van der Waals surface area contributed by atoms with Crippen LogP contribution in [0.3, 0.4) is 0 Å². The summed E-state index contributed by atoms with van der Waals surface area (Å²) in [5.41, 5.74) is 1.21. The Morgan fingerprint density at radius 1 is 1.05 bits per heavy atom. The maximum absolute atomic E-state index is 13.1. The van der Waals surface area contributed by atoms with Gasteiger partial charge in [-0.25, -0.2) is 12.8 Å². The maximum Gasteiger partial charge on any atom is 0.388 e. The minimum Gasteiger partial charge on any atom is -0.492 e. The lowest BCUT2D eigenvalue weighted by Crippen LogP contribution is -2.26. The fourth-order valence-corrected chi connectivity index (χ4v) is 4.52. The largest absolute Gasteiger partial charge is 0.492 e. The molecule has 0 fully saturated rings. The molecular formula is C24H23F3N4O5S. The number of ether oxygens (including phenoxy) is 2. The maximum atomic E-state index is 13.1. The van der Waals surface area contributed by atoms with Crippen molar-refractivity contribution in [2.24, 2.45) is 0 Å². The summed E-state index contributed by atoms with van der Waals surface area (Å²) < 4.78 is 75.3. The highest BCUT2D eigenvalue weighted by atomic mass is 32.2. The summed E-state index contributed by atoms with van der Waals surface area (Å²) in [5, 5.41) is 20.2. The fraction of sp³-hybridized carbons (Fsp3) is 0.208. The average molecular weight is 537 g/mol. The first kappa shape index (κ1) is 26.3. The van der Waals surface area contributed by atoms with Gasteiger partial charge in [0.1, 0.15) is 18.2 Å². The van der Waals surface area contributed by atoms with E-state index in [4.69, 9.17) is 4.74 Å². The molecule has 0 spiro atoms. The molecule has 4 N–H and O–H groups in total. The Morgan fingerprint density at radius 3 is 2.59 bits per heavy atom.